The number of rotatable bonds is 4. The van der Waals surface area contributed by atoms with Crippen molar-refractivity contribution < 1.29 is 9.13 Å². The molecular formula is C13H19FN2O. The van der Waals surface area contributed by atoms with Crippen molar-refractivity contribution in [3.8, 4) is 0 Å². The molecular weight excluding hydrogens is 219 g/mol. The largest absolute Gasteiger partial charge is 0.397 e. The van der Waals surface area contributed by atoms with E-state index in [-0.39, 0.29) is 11.9 Å². The number of nitrogens with zero attached hydrogens (tertiary/aromatic N) is 1. The Kier molecular flexibility index (Phi) is 3.84. The molecule has 0 saturated carbocycles. The van der Waals surface area contributed by atoms with Crippen molar-refractivity contribution >= 4 is 11.4 Å². The van der Waals surface area contributed by atoms with Gasteiger partial charge in [-0.3, -0.25) is 0 Å². The lowest BCUT2D eigenvalue weighted by Gasteiger charge is -2.27. The van der Waals surface area contributed by atoms with Crippen LogP contribution in [0.5, 0.6) is 0 Å². The molecule has 0 radical (unpaired) electrons. The van der Waals surface area contributed by atoms with E-state index in [0.29, 0.717) is 5.69 Å². The molecule has 1 atom stereocenters. The van der Waals surface area contributed by atoms with Gasteiger partial charge >= 0.3 is 0 Å². The highest BCUT2D eigenvalue weighted by atomic mass is 19.1. The molecule has 1 unspecified atom stereocenters. The molecule has 1 aromatic carbocycles. The Morgan fingerprint density at radius 3 is 3.00 bits per heavy atom. The number of anilines is 2. The standard InChI is InChI=1S/C13H19FN2O/c1-2-16(9-11-4-3-7-17-11)13-8-10(14)5-6-12(13)15/h5-6,8,11H,2-4,7,9,15H2,1H3. The summed E-state index contributed by atoms with van der Waals surface area (Å²) in [4.78, 5) is 2.08. The van der Waals surface area contributed by atoms with Crippen LogP contribution >= 0.6 is 0 Å². The molecule has 2 rings (SSSR count). The van der Waals surface area contributed by atoms with Crippen LogP contribution in [0.1, 0.15) is 19.8 Å². The van der Waals surface area contributed by atoms with E-state index >= 15 is 0 Å². The Bertz CT molecular complexity index is 378. The second-order valence-corrected chi connectivity index (χ2v) is 4.38. The molecule has 0 bridgehead atoms. The molecule has 3 nitrogen and oxygen atoms in total. The zero-order valence-corrected chi connectivity index (χ0v) is 10.2. The highest BCUT2D eigenvalue weighted by Gasteiger charge is 2.19. The van der Waals surface area contributed by atoms with Crippen molar-refractivity contribution in [1.82, 2.24) is 0 Å². The highest BCUT2D eigenvalue weighted by molar-refractivity contribution is 5.67. The molecule has 1 heterocycles. The van der Waals surface area contributed by atoms with Crippen LogP contribution in [0.15, 0.2) is 18.2 Å². The van der Waals surface area contributed by atoms with E-state index in [4.69, 9.17) is 10.5 Å². The number of nitrogen functional groups attached to an aromatic ring is 1. The fourth-order valence-corrected chi connectivity index (χ4v) is 2.22. The Labute approximate surface area is 101 Å². The first-order chi connectivity index (χ1) is 8.20. The normalized spacial score (nSPS) is 19.5. The Balaban J connectivity index is 2.13. The fraction of sp³-hybridized carbons (Fsp3) is 0.538. The van der Waals surface area contributed by atoms with E-state index in [2.05, 4.69) is 4.90 Å². The average Bonchev–Trinajstić information content (AvgIpc) is 2.82. The maximum absolute atomic E-state index is 13.2. The van der Waals surface area contributed by atoms with Crippen molar-refractivity contribution in [1.29, 1.82) is 0 Å². The Hall–Kier alpha value is -1.29. The minimum atomic E-state index is -0.250. The van der Waals surface area contributed by atoms with Gasteiger partial charge in [-0.05, 0) is 38.0 Å². The molecule has 0 amide bonds. The lowest BCUT2D eigenvalue weighted by atomic mass is 10.2. The highest BCUT2D eigenvalue weighted by Crippen LogP contribution is 2.25. The van der Waals surface area contributed by atoms with Gasteiger partial charge in [-0.15, -0.1) is 0 Å². The van der Waals surface area contributed by atoms with Crippen LogP contribution < -0.4 is 10.6 Å². The van der Waals surface area contributed by atoms with E-state index in [1.807, 2.05) is 6.92 Å². The van der Waals surface area contributed by atoms with Gasteiger partial charge < -0.3 is 15.4 Å². The van der Waals surface area contributed by atoms with E-state index in [1.54, 1.807) is 6.07 Å². The molecule has 0 aliphatic carbocycles. The van der Waals surface area contributed by atoms with Crippen molar-refractivity contribution in [3.63, 3.8) is 0 Å². The average molecular weight is 238 g/mol. The molecule has 1 aliphatic heterocycles. The zero-order chi connectivity index (χ0) is 12.3. The minimum absolute atomic E-state index is 0.248. The van der Waals surface area contributed by atoms with E-state index in [0.717, 1.165) is 38.2 Å². The summed E-state index contributed by atoms with van der Waals surface area (Å²) in [6.07, 6.45) is 2.43. The van der Waals surface area contributed by atoms with Gasteiger partial charge in [0.25, 0.3) is 0 Å². The second-order valence-electron chi connectivity index (χ2n) is 4.38. The summed E-state index contributed by atoms with van der Waals surface area (Å²) in [6.45, 7) is 4.46. The molecule has 1 saturated heterocycles. The molecule has 1 aromatic rings. The van der Waals surface area contributed by atoms with E-state index in [1.165, 1.54) is 12.1 Å². The molecule has 2 N–H and O–H groups in total. The summed E-state index contributed by atoms with van der Waals surface area (Å²) in [7, 11) is 0. The predicted octanol–water partition coefficient (Wildman–Crippen LogP) is 2.41. The summed E-state index contributed by atoms with van der Waals surface area (Å²) >= 11 is 0. The first-order valence-electron chi connectivity index (χ1n) is 6.12. The van der Waals surface area contributed by atoms with Crippen molar-refractivity contribution in [2.24, 2.45) is 0 Å². The summed E-state index contributed by atoms with van der Waals surface area (Å²) in [6, 6.07) is 4.50. The van der Waals surface area contributed by atoms with Crippen molar-refractivity contribution in [2.75, 3.05) is 30.3 Å². The van der Waals surface area contributed by atoms with Gasteiger partial charge in [0.15, 0.2) is 0 Å². The van der Waals surface area contributed by atoms with Crippen LogP contribution in [0.3, 0.4) is 0 Å². The first-order valence-corrected chi connectivity index (χ1v) is 6.12. The van der Waals surface area contributed by atoms with Crippen LogP contribution in [-0.2, 0) is 4.74 Å². The zero-order valence-electron chi connectivity index (χ0n) is 10.2. The van der Waals surface area contributed by atoms with E-state index in [9.17, 15) is 4.39 Å². The van der Waals surface area contributed by atoms with Gasteiger partial charge in [0.1, 0.15) is 5.82 Å². The Morgan fingerprint density at radius 2 is 2.35 bits per heavy atom. The number of likely N-dealkylation sites (N-methyl/N-ethyl adjacent to an activating group) is 1. The maximum atomic E-state index is 13.2. The summed E-state index contributed by atoms with van der Waals surface area (Å²) < 4.78 is 18.8. The smallest absolute Gasteiger partial charge is 0.125 e. The van der Waals surface area contributed by atoms with Gasteiger partial charge in [0.05, 0.1) is 17.5 Å². The first kappa shape index (κ1) is 12.2. The number of ether oxygens (including phenoxy) is 1. The number of hydrogen-bond donors (Lipinski definition) is 1. The molecule has 1 aliphatic rings. The lowest BCUT2D eigenvalue weighted by Crippen LogP contribution is -2.32. The van der Waals surface area contributed by atoms with Crippen LogP contribution in [0.4, 0.5) is 15.8 Å². The quantitative estimate of drug-likeness (QED) is 0.819. The number of benzene rings is 1. The monoisotopic (exact) mass is 238 g/mol. The van der Waals surface area contributed by atoms with Gasteiger partial charge in [0, 0.05) is 19.7 Å². The topological polar surface area (TPSA) is 38.5 Å². The molecule has 0 aromatic heterocycles. The minimum Gasteiger partial charge on any atom is -0.397 e. The third-order valence-electron chi connectivity index (χ3n) is 3.16. The number of hydrogen-bond acceptors (Lipinski definition) is 3. The van der Waals surface area contributed by atoms with Gasteiger partial charge in [0.2, 0.25) is 0 Å². The maximum Gasteiger partial charge on any atom is 0.125 e. The summed E-state index contributed by atoms with van der Waals surface area (Å²) in [5, 5.41) is 0. The molecule has 94 valence electrons. The summed E-state index contributed by atoms with van der Waals surface area (Å²) in [5.74, 6) is -0.250. The van der Waals surface area contributed by atoms with Crippen molar-refractivity contribution in [2.45, 2.75) is 25.9 Å². The van der Waals surface area contributed by atoms with Gasteiger partial charge in [-0.2, -0.15) is 0 Å². The molecule has 17 heavy (non-hydrogen) atoms. The van der Waals surface area contributed by atoms with Crippen LogP contribution in [0, 0.1) is 5.82 Å². The molecule has 1 fully saturated rings. The Morgan fingerprint density at radius 1 is 1.53 bits per heavy atom. The lowest BCUT2D eigenvalue weighted by molar-refractivity contribution is 0.116. The van der Waals surface area contributed by atoms with Crippen LogP contribution in [0.2, 0.25) is 0 Å². The predicted molar refractivity (Wildman–Crippen MR) is 67.7 cm³/mol. The molecule has 4 heteroatoms. The second kappa shape index (κ2) is 5.36. The van der Waals surface area contributed by atoms with Gasteiger partial charge in [-0.25, -0.2) is 4.39 Å². The van der Waals surface area contributed by atoms with Crippen LogP contribution in [-0.4, -0.2) is 25.8 Å². The summed E-state index contributed by atoms with van der Waals surface area (Å²) in [5.41, 5.74) is 7.27. The SMILES string of the molecule is CCN(CC1CCCO1)c1cc(F)ccc1N. The number of nitrogens with two attached hydrogens (primary N) is 1. The van der Waals surface area contributed by atoms with Crippen molar-refractivity contribution in [3.05, 3.63) is 24.0 Å². The van der Waals surface area contributed by atoms with Crippen LogP contribution in [0.25, 0.3) is 0 Å². The fourth-order valence-electron chi connectivity index (χ4n) is 2.22. The van der Waals surface area contributed by atoms with E-state index < -0.39 is 0 Å². The number of halogens is 1. The third-order valence-corrected chi connectivity index (χ3v) is 3.16. The molecule has 0 spiro atoms. The third kappa shape index (κ3) is 2.88. The van der Waals surface area contributed by atoms with Gasteiger partial charge in [-0.1, -0.05) is 0 Å².